The molecule has 3 heterocycles. The predicted octanol–water partition coefficient (Wildman–Crippen LogP) is 2.34. The van der Waals surface area contributed by atoms with E-state index in [9.17, 15) is 4.79 Å². The molecule has 0 aliphatic carbocycles. The van der Waals surface area contributed by atoms with Gasteiger partial charge in [-0.3, -0.25) is 9.78 Å². The number of nitrogens with one attached hydrogen (secondary N) is 1. The minimum absolute atomic E-state index is 0.256. The lowest BCUT2D eigenvalue weighted by molar-refractivity contribution is 0.102. The molecule has 27 heavy (non-hydrogen) atoms. The van der Waals surface area contributed by atoms with Crippen LogP contribution >= 0.6 is 0 Å². The van der Waals surface area contributed by atoms with Crippen molar-refractivity contribution >= 4 is 28.4 Å². The number of carbonyl (C=O) groups excluding carboxylic acids is 1. The summed E-state index contributed by atoms with van der Waals surface area (Å²) in [5.41, 5.74) is 2.58. The van der Waals surface area contributed by atoms with Crippen molar-refractivity contribution in [1.29, 1.82) is 0 Å². The summed E-state index contributed by atoms with van der Waals surface area (Å²) in [5, 5.41) is 3.93. The predicted molar refractivity (Wildman–Crippen MR) is 106 cm³/mol. The highest BCUT2D eigenvalue weighted by atomic mass is 16.1. The monoisotopic (exact) mass is 362 g/mol. The van der Waals surface area contributed by atoms with Gasteiger partial charge in [0.1, 0.15) is 5.69 Å². The first kappa shape index (κ1) is 17.4. The van der Waals surface area contributed by atoms with Crippen LogP contribution in [0.3, 0.4) is 0 Å². The van der Waals surface area contributed by atoms with Crippen LogP contribution in [0.15, 0.2) is 42.6 Å². The number of anilines is 2. The molecule has 4 rings (SSSR count). The van der Waals surface area contributed by atoms with Gasteiger partial charge in [0, 0.05) is 43.5 Å². The van der Waals surface area contributed by atoms with Crippen LogP contribution in [0.5, 0.6) is 0 Å². The summed E-state index contributed by atoms with van der Waals surface area (Å²) in [6, 6.07) is 11.3. The van der Waals surface area contributed by atoms with E-state index < -0.39 is 0 Å². The van der Waals surface area contributed by atoms with Gasteiger partial charge in [0.2, 0.25) is 5.95 Å². The molecule has 1 saturated heterocycles. The fraction of sp³-hybridized carbons (Fsp3) is 0.300. The Hall–Kier alpha value is -3.06. The van der Waals surface area contributed by atoms with E-state index in [0.29, 0.717) is 17.3 Å². The smallest absolute Gasteiger partial charge is 0.274 e. The van der Waals surface area contributed by atoms with Crippen LogP contribution in [0.4, 0.5) is 11.6 Å². The number of benzene rings is 1. The average Bonchev–Trinajstić information content (AvgIpc) is 2.68. The summed E-state index contributed by atoms with van der Waals surface area (Å²) in [4.78, 5) is 30.7. The molecule has 7 nitrogen and oxygen atoms in total. The standard InChI is InChI=1S/C20H22N6O/c1-14-13-17(24-20(22-14)26-11-9-25(2)10-12-26)19(27)23-16-7-3-5-15-6-4-8-21-18(15)16/h3-8,13H,9-12H2,1-2H3,(H,23,27). The molecule has 1 aliphatic heterocycles. The molecule has 1 aliphatic rings. The third-order valence-corrected chi connectivity index (χ3v) is 4.74. The molecule has 2 aromatic heterocycles. The van der Waals surface area contributed by atoms with Gasteiger partial charge < -0.3 is 15.1 Å². The van der Waals surface area contributed by atoms with Gasteiger partial charge in [-0.25, -0.2) is 9.97 Å². The number of aromatic nitrogens is 3. The molecule has 0 unspecified atom stereocenters. The van der Waals surface area contributed by atoms with Gasteiger partial charge in [-0.05, 0) is 32.2 Å². The molecule has 1 amide bonds. The number of nitrogens with zero attached hydrogens (tertiary/aromatic N) is 5. The van der Waals surface area contributed by atoms with Crippen LogP contribution in [0, 0.1) is 6.92 Å². The number of fused-ring (bicyclic) bond motifs is 1. The lowest BCUT2D eigenvalue weighted by Gasteiger charge is -2.32. The number of piperazine rings is 1. The van der Waals surface area contributed by atoms with Crippen molar-refractivity contribution in [2.45, 2.75) is 6.92 Å². The quantitative estimate of drug-likeness (QED) is 0.771. The Bertz CT molecular complexity index is 976. The van der Waals surface area contributed by atoms with Gasteiger partial charge in [0.25, 0.3) is 5.91 Å². The van der Waals surface area contributed by atoms with Crippen LogP contribution in [0.25, 0.3) is 10.9 Å². The topological polar surface area (TPSA) is 74.2 Å². The maximum Gasteiger partial charge on any atom is 0.274 e. The molecule has 1 N–H and O–H groups in total. The Morgan fingerprint density at radius 3 is 2.67 bits per heavy atom. The number of pyridine rings is 1. The zero-order valence-electron chi connectivity index (χ0n) is 15.5. The maximum absolute atomic E-state index is 12.8. The molecule has 7 heteroatoms. The van der Waals surface area contributed by atoms with Crippen molar-refractivity contribution < 1.29 is 4.79 Å². The minimum atomic E-state index is -0.256. The number of aryl methyl sites for hydroxylation is 1. The number of amides is 1. The Labute approximate surface area is 158 Å². The largest absolute Gasteiger partial charge is 0.338 e. The summed E-state index contributed by atoms with van der Waals surface area (Å²) in [7, 11) is 2.10. The van der Waals surface area contributed by atoms with E-state index in [4.69, 9.17) is 0 Å². The fourth-order valence-electron chi connectivity index (χ4n) is 3.21. The summed E-state index contributed by atoms with van der Waals surface area (Å²) in [6.07, 6.45) is 1.72. The summed E-state index contributed by atoms with van der Waals surface area (Å²) < 4.78 is 0. The van der Waals surface area contributed by atoms with Crippen LogP contribution in [-0.2, 0) is 0 Å². The first-order valence-electron chi connectivity index (χ1n) is 9.04. The molecule has 1 fully saturated rings. The maximum atomic E-state index is 12.8. The van der Waals surface area contributed by atoms with E-state index in [0.717, 1.165) is 42.8 Å². The van der Waals surface area contributed by atoms with Crippen molar-refractivity contribution in [2.75, 3.05) is 43.4 Å². The van der Waals surface area contributed by atoms with Gasteiger partial charge in [-0.1, -0.05) is 18.2 Å². The van der Waals surface area contributed by atoms with Crippen molar-refractivity contribution in [2.24, 2.45) is 0 Å². The van der Waals surface area contributed by atoms with E-state index >= 15 is 0 Å². The molecule has 0 atom stereocenters. The molecule has 1 aromatic carbocycles. The zero-order valence-corrected chi connectivity index (χ0v) is 15.5. The van der Waals surface area contributed by atoms with E-state index in [1.165, 1.54) is 0 Å². The fourth-order valence-corrected chi connectivity index (χ4v) is 3.21. The Morgan fingerprint density at radius 2 is 1.85 bits per heavy atom. The number of carbonyl (C=O) groups is 1. The third-order valence-electron chi connectivity index (χ3n) is 4.74. The molecule has 0 spiro atoms. The highest BCUT2D eigenvalue weighted by Crippen LogP contribution is 2.21. The van der Waals surface area contributed by atoms with E-state index in [2.05, 4.69) is 37.1 Å². The van der Waals surface area contributed by atoms with Gasteiger partial charge in [0.15, 0.2) is 0 Å². The second-order valence-corrected chi connectivity index (χ2v) is 6.82. The number of hydrogen-bond acceptors (Lipinski definition) is 6. The Balaban J connectivity index is 1.60. The zero-order chi connectivity index (χ0) is 18.8. The molecular weight excluding hydrogens is 340 g/mol. The average molecular weight is 362 g/mol. The summed E-state index contributed by atoms with van der Waals surface area (Å²) in [6.45, 7) is 5.51. The van der Waals surface area contributed by atoms with Crippen LogP contribution in [-0.4, -0.2) is 59.0 Å². The van der Waals surface area contributed by atoms with E-state index in [-0.39, 0.29) is 5.91 Å². The van der Waals surface area contributed by atoms with E-state index in [1.54, 1.807) is 12.3 Å². The highest BCUT2D eigenvalue weighted by molar-refractivity contribution is 6.07. The van der Waals surface area contributed by atoms with Gasteiger partial charge in [0.05, 0.1) is 11.2 Å². The van der Waals surface area contributed by atoms with Gasteiger partial charge in [-0.15, -0.1) is 0 Å². The lowest BCUT2D eigenvalue weighted by atomic mass is 10.2. The number of likely N-dealkylation sites (N-methyl/N-ethyl adjacent to an activating group) is 1. The highest BCUT2D eigenvalue weighted by Gasteiger charge is 2.19. The van der Waals surface area contributed by atoms with E-state index in [1.807, 2.05) is 37.3 Å². The number of hydrogen-bond donors (Lipinski definition) is 1. The molecule has 138 valence electrons. The summed E-state index contributed by atoms with van der Waals surface area (Å²) >= 11 is 0. The van der Waals surface area contributed by atoms with Gasteiger partial charge in [-0.2, -0.15) is 0 Å². The van der Waals surface area contributed by atoms with Crippen molar-refractivity contribution in [3.8, 4) is 0 Å². The van der Waals surface area contributed by atoms with Crippen LogP contribution < -0.4 is 10.2 Å². The first-order valence-corrected chi connectivity index (χ1v) is 9.04. The van der Waals surface area contributed by atoms with Crippen molar-refractivity contribution in [1.82, 2.24) is 19.9 Å². The lowest BCUT2D eigenvalue weighted by Crippen LogP contribution is -2.45. The van der Waals surface area contributed by atoms with Crippen molar-refractivity contribution in [3.63, 3.8) is 0 Å². The second kappa shape index (κ2) is 7.28. The summed E-state index contributed by atoms with van der Waals surface area (Å²) in [5.74, 6) is 0.360. The normalized spacial score (nSPS) is 15.1. The third kappa shape index (κ3) is 3.73. The minimum Gasteiger partial charge on any atom is -0.338 e. The molecule has 0 bridgehead atoms. The SMILES string of the molecule is Cc1cc(C(=O)Nc2cccc3cccnc23)nc(N2CCN(C)CC2)n1. The van der Waals surface area contributed by atoms with Crippen LogP contribution in [0.2, 0.25) is 0 Å². The van der Waals surface area contributed by atoms with Crippen molar-refractivity contribution in [3.05, 3.63) is 54.0 Å². The molecule has 0 saturated carbocycles. The molecule has 0 radical (unpaired) electrons. The van der Waals surface area contributed by atoms with Gasteiger partial charge >= 0.3 is 0 Å². The van der Waals surface area contributed by atoms with Crippen LogP contribution in [0.1, 0.15) is 16.2 Å². The Kier molecular flexibility index (Phi) is 4.68. The number of rotatable bonds is 3. The Morgan fingerprint density at radius 1 is 1.07 bits per heavy atom. The molecular formula is C20H22N6O. The molecule has 3 aromatic rings. The first-order chi connectivity index (χ1) is 13.1. The number of para-hydroxylation sites is 1. The second-order valence-electron chi connectivity index (χ2n) is 6.82.